The lowest BCUT2D eigenvalue weighted by molar-refractivity contribution is -0.145. The van der Waals surface area contributed by atoms with Gasteiger partial charge in [0, 0.05) is 5.69 Å². The van der Waals surface area contributed by atoms with E-state index in [-0.39, 0.29) is 6.04 Å². The van der Waals surface area contributed by atoms with E-state index in [0.717, 1.165) is 36.3 Å². The number of likely N-dealkylation sites (tertiary alicyclic amines) is 1. The Morgan fingerprint density at radius 1 is 1.17 bits per heavy atom. The van der Waals surface area contributed by atoms with Gasteiger partial charge in [-0.3, -0.25) is 14.7 Å². The van der Waals surface area contributed by atoms with E-state index in [1.807, 2.05) is 43.3 Å². The van der Waals surface area contributed by atoms with Crippen molar-refractivity contribution in [3.05, 3.63) is 65.5 Å². The molecule has 1 aliphatic heterocycles. The largest absolute Gasteiger partial charge is 0.480 e. The number of carbonyl (C=O) groups is 1. The van der Waals surface area contributed by atoms with Crippen LogP contribution >= 0.6 is 0 Å². The topological polar surface area (TPSA) is 53.4 Å². The first kappa shape index (κ1) is 15.7. The van der Waals surface area contributed by atoms with Crippen molar-refractivity contribution in [1.29, 1.82) is 0 Å². The van der Waals surface area contributed by atoms with Crippen LogP contribution < -0.4 is 0 Å². The first-order chi connectivity index (χ1) is 11.2. The number of pyridine rings is 1. The molecule has 3 rings (SSSR count). The molecule has 0 spiro atoms. The van der Waals surface area contributed by atoms with Crippen LogP contribution in [0.1, 0.15) is 42.3 Å². The van der Waals surface area contributed by atoms with Gasteiger partial charge in [0.25, 0.3) is 0 Å². The molecular weight excluding hydrogens is 288 g/mol. The summed E-state index contributed by atoms with van der Waals surface area (Å²) in [5.41, 5.74) is 2.97. The van der Waals surface area contributed by atoms with Crippen molar-refractivity contribution in [2.75, 3.05) is 6.54 Å². The molecule has 1 aromatic carbocycles. The highest BCUT2D eigenvalue weighted by Gasteiger charge is 2.35. The average molecular weight is 310 g/mol. The molecule has 1 aromatic heterocycles. The summed E-state index contributed by atoms with van der Waals surface area (Å²) in [4.78, 5) is 18.5. The minimum absolute atomic E-state index is 0.113. The summed E-state index contributed by atoms with van der Waals surface area (Å²) in [6, 6.07) is 15.5. The third-order valence-corrected chi connectivity index (χ3v) is 4.47. The van der Waals surface area contributed by atoms with Gasteiger partial charge in [0.15, 0.2) is 0 Å². The van der Waals surface area contributed by atoms with Gasteiger partial charge in [-0.05, 0) is 44.0 Å². The Kier molecular flexibility index (Phi) is 4.72. The number of nitrogens with zero attached hydrogens (tertiary/aromatic N) is 2. The van der Waals surface area contributed by atoms with Crippen molar-refractivity contribution < 1.29 is 9.90 Å². The smallest absolute Gasteiger partial charge is 0.320 e. The fourth-order valence-corrected chi connectivity index (χ4v) is 3.41. The van der Waals surface area contributed by atoms with E-state index in [4.69, 9.17) is 0 Å². The molecule has 0 amide bonds. The third-order valence-electron chi connectivity index (χ3n) is 4.47. The Bertz CT molecular complexity index is 672. The molecule has 0 aliphatic carbocycles. The summed E-state index contributed by atoms with van der Waals surface area (Å²) in [5.74, 6) is -0.738. The molecule has 1 fully saturated rings. The fraction of sp³-hybridized carbons (Fsp3) is 0.368. The fourth-order valence-electron chi connectivity index (χ4n) is 3.41. The second-order valence-corrected chi connectivity index (χ2v) is 6.10. The number of benzene rings is 1. The average Bonchev–Trinajstić information content (AvgIpc) is 2.56. The zero-order valence-corrected chi connectivity index (χ0v) is 13.4. The van der Waals surface area contributed by atoms with Crippen LogP contribution in [0.2, 0.25) is 0 Å². The van der Waals surface area contributed by atoms with Crippen LogP contribution in [0, 0.1) is 6.92 Å². The van der Waals surface area contributed by atoms with Crippen molar-refractivity contribution in [3.63, 3.8) is 0 Å². The Hall–Kier alpha value is -2.20. The zero-order valence-electron chi connectivity index (χ0n) is 13.4. The van der Waals surface area contributed by atoms with Gasteiger partial charge in [0.05, 0.1) is 11.7 Å². The molecule has 2 unspecified atom stereocenters. The number of aliphatic carboxylic acids is 1. The summed E-state index contributed by atoms with van der Waals surface area (Å²) < 4.78 is 0. The maximum Gasteiger partial charge on any atom is 0.320 e. The molecule has 120 valence electrons. The molecule has 0 bridgehead atoms. The lowest BCUT2D eigenvalue weighted by Gasteiger charge is -2.39. The van der Waals surface area contributed by atoms with Crippen LogP contribution in [0.25, 0.3) is 0 Å². The molecule has 4 heteroatoms. The van der Waals surface area contributed by atoms with Crippen molar-refractivity contribution in [3.8, 4) is 0 Å². The molecule has 2 aromatic rings. The van der Waals surface area contributed by atoms with Gasteiger partial charge in [-0.1, -0.05) is 42.8 Å². The highest BCUT2D eigenvalue weighted by Crippen LogP contribution is 2.33. The number of aryl methyl sites for hydroxylation is 1. The maximum absolute atomic E-state index is 11.7. The number of hydrogen-bond donors (Lipinski definition) is 1. The van der Waals surface area contributed by atoms with E-state index in [1.54, 1.807) is 0 Å². The molecule has 2 heterocycles. The third kappa shape index (κ3) is 3.42. The van der Waals surface area contributed by atoms with Crippen LogP contribution in [0.5, 0.6) is 0 Å². The number of piperidine rings is 1. The summed E-state index contributed by atoms with van der Waals surface area (Å²) in [5, 5.41) is 9.64. The normalized spacial score (nSPS) is 20.1. The van der Waals surface area contributed by atoms with Crippen LogP contribution in [0.4, 0.5) is 0 Å². The van der Waals surface area contributed by atoms with Crippen LogP contribution in [-0.4, -0.2) is 33.5 Å². The van der Waals surface area contributed by atoms with Crippen LogP contribution in [0.3, 0.4) is 0 Å². The number of hydrogen-bond acceptors (Lipinski definition) is 3. The second-order valence-electron chi connectivity index (χ2n) is 6.10. The Balaban J connectivity index is 2.06. The van der Waals surface area contributed by atoms with Crippen LogP contribution in [-0.2, 0) is 4.79 Å². The van der Waals surface area contributed by atoms with Crippen molar-refractivity contribution in [1.82, 2.24) is 9.88 Å². The highest BCUT2D eigenvalue weighted by atomic mass is 16.4. The van der Waals surface area contributed by atoms with Crippen LogP contribution in [0.15, 0.2) is 48.5 Å². The van der Waals surface area contributed by atoms with Gasteiger partial charge in [0.2, 0.25) is 0 Å². The predicted molar refractivity (Wildman–Crippen MR) is 89.2 cm³/mol. The van der Waals surface area contributed by atoms with E-state index in [0.29, 0.717) is 6.42 Å². The first-order valence-corrected chi connectivity index (χ1v) is 8.14. The summed E-state index contributed by atoms with van der Waals surface area (Å²) >= 11 is 0. The standard InChI is InChI=1S/C19H22N2O2/c1-14-8-7-11-16(20-14)18(15-9-3-2-4-10-15)21-13-6-5-12-17(21)19(22)23/h2-4,7-11,17-18H,5-6,12-13H2,1H3,(H,22,23). The lowest BCUT2D eigenvalue weighted by atomic mass is 9.94. The van der Waals surface area contributed by atoms with Crippen molar-refractivity contribution in [2.45, 2.75) is 38.3 Å². The van der Waals surface area contributed by atoms with Gasteiger partial charge in [0.1, 0.15) is 6.04 Å². The monoisotopic (exact) mass is 310 g/mol. The SMILES string of the molecule is Cc1cccc(C(c2ccccc2)N2CCCCC2C(=O)O)n1. The number of carboxylic acids is 1. The number of carboxylic acid groups (broad SMARTS) is 1. The molecule has 1 aliphatic rings. The quantitative estimate of drug-likeness (QED) is 0.940. The molecule has 2 atom stereocenters. The summed E-state index contributed by atoms with van der Waals surface area (Å²) in [6.07, 6.45) is 2.69. The molecule has 0 radical (unpaired) electrons. The minimum atomic E-state index is -0.738. The van der Waals surface area contributed by atoms with Gasteiger partial charge < -0.3 is 5.11 Å². The molecule has 1 N–H and O–H groups in total. The Labute approximate surface area is 136 Å². The number of rotatable bonds is 4. The molecule has 1 saturated heterocycles. The molecule has 23 heavy (non-hydrogen) atoms. The van der Waals surface area contributed by atoms with Gasteiger partial charge in [-0.25, -0.2) is 0 Å². The van der Waals surface area contributed by atoms with Gasteiger partial charge in [-0.2, -0.15) is 0 Å². The van der Waals surface area contributed by atoms with Crippen molar-refractivity contribution >= 4 is 5.97 Å². The van der Waals surface area contributed by atoms with E-state index in [9.17, 15) is 9.90 Å². The van der Waals surface area contributed by atoms with Crippen molar-refractivity contribution in [2.24, 2.45) is 0 Å². The van der Waals surface area contributed by atoms with E-state index in [2.05, 4.69) is 22.0 Å². The highest BCUT2D eigenvalue weighted by molar-refractivity contribution is 5.73. The molecule has 4 nitrogen and oxygen atoms in total. The minimum Gasteiger partial charge on any atom is -0.480 e. The molecule has 0 saturated carbocycles. The molecular formula is C19H22N2O2. The number of aromatic nitrogens is 1. The maximum atomic E-state index is 11.7. The van der Waals surface area contributed by atoms with E-state index in [1.165, 1.54) is 0 Å². The lowest BCUT2D eigenvalue weighted by Crippen LogP contribution is -2.47. The predicted octanol–water partition coefficient (Wildman–Crippen LogP) is 3.42. The van der Waals surface area contributed by atoms with E-state index < -0.39 is 12.0 Å². The zero-order chi connectivity index (χ0) is 16.2. The second kappa shape index (κ2) is 6.92. The summed E-state index contributed by atoms with van der Waals surface area (Å²) in [6.45, 7) is 2.75. The Morgan fingerprint density at radius 3 is 2.65 bits per heavy atom. The van der Waals surface area contributed by atoms with Gasteiger partial charge >= 0.3 is 5.97 Å². The first-order valence-electron chi connectivity index (χ1n) is 8.14. The van der Waals surface area contributed by atoms with E-state index >= 15 is 0 Å². The van der Waals surface area contributed by atoms with Gasteiger partial charge in [-0.15, -0.1) is 0 Å². The Morgan fingerprint density at radius 2 is 1.96 bits per heavy atom. The summed E-state index contributed by atoms with van der Waals surface area (Å²) in [7, 11) is 0.